The highest BCUT2D eigenvalue weighted by atomic mass is 16.6. The highest BCUT2D eigenvalue weighted by Crippen LogP contribution is 2.40. The van der Waals surface area contributed by atoms with Crippen LogP contribution in [0.5, 0.6) is 0 Å². The first-order chi connectivity index (χ1) is 12.1. The lowest BCUT2D eigenvalue weighted by molar-refractivity contribution is -0.384. The number of nitrogens with one attached hydrogen (secondary N) is 1. The number of hydrogen-bond acceptors (Lipinski definition) is 4. The van der Waals surface area contributed by atoms with Crippen LogP contribution in [0.4, 0.5) is 11.4 Å². The minimum absolute atomic E-state index is 0.0513. The van der Waals surface area contributed by atoms with Gasteiger partial charge in [-0.2, -0.15) is 0 Å². The minimum Gasteiger partial charge on any atom is -0.324 e. The fourth-order valence-electron chi connectivity index (χ4n) is 2.95. The van der Waals surface area contributed by atoms with Crippen LogP contribution in [0.1, 0.15) is 24.6 Å². The monoisotopic (exact) mass is 336 g/mol. The zero-order chi connectivity index (χ0) is 17.4. The summed E-state index contributed by atoms with van der Waals surface area (Å²) in [6.07, 6.45) is 2.19. The van der Waals surface area contributed by atoms with E-state index in [1.807, 2.05) is 28.8 Å². The Hall–Kier alpha value is -3.22. The fourth-order valence-corrected chi connectivity index (χ4v) is 2.95. The van der Waals surface area contributed by atoms with E-state index >= 15 is 0 Å². The maximum absolute atomic E-state index is 12.5. The van der Waals surface area contributed by atoms with Crippen molar-refractivity contribution in [2.45, 2.75) is 25.3 Å². The summed E-state index contributed by atoms with van der Waals surface area (Å²) in [6, 6.07) is 13.7. The Labute approximate surface area is 143 Å². The maximum Gasteiger partial charge on any atom is 0.271 e. The Balaban J connectivity index is 1.59. The van der Waals surface area contributed by atoms with Gasteiger partial charge in [0.25, 0.3) is 5.69 Å². The Morgan fingerprint density at radius 2 is 2.04 bits per heavy atom. The number of rotatable bonds is 5. The molecule has 0 bridgehead atoms. The lowest BCUT2D eigenvalue weighted by Crippen LogP contribution is -2.20. The molecule has 1 fully saturated rings. The Kier molecular flexibility index (Phi) is 3.68. The number of nitrogens with zero attached hydrogens (tertiary/aromatic N) is 3. The smallest absolute Gasteiger partial charge is 0.271 e. The summed E-state index contributed by atoms with van der Waals surface area (Å²) >= 11 is 0. The number of fused-ring (bicyclic) bond motifs is 1. The lowest BCUT2D eigenvalue weighted by atomic mass is 10.3. The molecule has 0 unspecified atom stereocenters. The van der Waals surface area contributed by atoms with E-state index in [1.165, 1.54) is 12.1 Å². The number of hydrogen-bond donors (Lipinski definition) is 1. The van der Waals surface area contributed by atoms with Gasteiger partial charge in [-0.15, -0.1) is 0 Å². The number of anilines is 1. The molecule has 0 aliphatic heterocycles. The first kappa shape index (κ1) is 15.3. The van der Waals surface area contributed by atoms with Crippen molar-refractivity contribution in [2.75, 3.05) is 5.32 Å². The molecule has 4 rings (SSSR count). The molecule has 1 aliphatic carbocycles. The van der Waals surface area contributed by atoms with E-state index in [2.05, 4.69) is 10.3 Å². The third-order valence-corrected chi connectivity index (χ3v) is 4.27. The van der Waals surface area contributed by atoms with Gasteiger partial charge in [0.15, 0.2) is 0 Å². The van der Waals surface area contributed by atoms with E-state index in [4.69, 9.17) is 0 Å². The molecule has 126 valence electrons. The van der Waals surface area contributed by atoms with Crippen molar-refractivity contribution in [2.24, 2.45) is 0 Å². The van der Waals surface area contributed by atoms with Gasteiger partial charge < -0.3 is 9.88 Å². The number of nitro groups is 1. The Bertz CT molecular complexity index is 975. The lowest BCUT2D eigenvalue weighted by Gasteiger charge is -2.09. The Morgan fingerprint density at radius 1 is 1.24 bits per heavy atom. The number of nitro benzene ring substituents is 1. The van der Waals surface area contributed by atoms with E-state index < -0.39 is 4.92 Å². The standard InChI is InChI=1S/C18H16N4O3/c23-17(19-13-4-3-5-14(10-13)22(24)25)11-21-16-7-2-1-6-15(16)20-18(21)12-8-9-12/h1-7,10,12H,8-9,11H2,(H,19,23). The van der Waals surface area contributed by atoms with Crippen LogP contribution in [0.3, 0.4) is 0 Å². The van der Waals surface area contributed by atoms with Crippen molar-refractivity contribution < 1.29 is 9.72 Å². The second-order valence-corrected chi connectivity index (χ2v) is 6.17. The second kappa shape index (κ2) is 6.01. The summed E-state index contributed by atoms with van der Waals surface area (Å²) in [5, 5.41) is 13.6. The summed E-state index contributed by atoms with van der Waals surface area (Å²) in [6.45, 7) is 0.134. The van der Waals surface area contributed by atoms with Crippen LogP contribution in [-0.4, -0.2) is 20.4 Å². The number of imidazole rings is 1. The molecule has 7 heteroatoms. The summed E-state index contributed by atoms with van der Waals surface area (Å²) in [7, 11) is 0. The molecule has 1 aliphatic rings. The molecule has 25 heavy (non-hydrogen) atoms. The average Bonchev–Trinajstić information content (AvgIpc) is 3.38. The van der Waals surface area contributed by atoms with Crippen molar-refractivity contribution in [3.8, 4) is 0 Å². The van der Waals surface area contributed by atoms with Crippen LogP contribution in [0.2, 0.25) is 0 Å². The second-order valence-electron chi connectivity index (χ2n) is 6.17. The van der Waals surface area contributed by atoms with Gasteiger partial charge in [-0.1, -0.05) is 18.2 Å². The predicted octanol–water partition coefficient (Wildman–Crippen LogP) is 3.46. The third-order valence-electron chi connectivity index (χ3n) is 4.27. The van der Waals surface area contributed by atoms with Crippen molar-refractivity contribution in [3.63, 3.8) is 0 Å². The van der Waals surface area contributed by atoms with Crippen LogP contribution in [0, 0.1) is 10.1 Å². The van der Waals surface area contributed by atoms with Gasteiger partial charge in [0, 0.05) is 23.7 Å². The maximum atomic E-state index is 12.5. The summed E-state index contributed by atoms with van der Waals surface area (Å²) in [5.41, 5.74) is 2.17. The molecule has 1 saturated carbocycles. The number of amides is 1. The van der Waals surface area contributed by atoms with Crippen molar-refractivity contribution in [3.05, 3.63) is 64.5 Å². The topological polar surface area (TPSA) is 90.1 Å². The van der Waals surface area contributed by atoms with Crippen LogP contribution < -0.4 is 5.32 Å². The van der Waals surface area contributed by atoms with E-state index in [0.29, 0.717) is 11.6 Å². The van der Waals surface area contributed by atoms with Crippen LogP contribution >= 0.6 is 0 Å². The highest BCUT2D eigenvalue weighted by Gasteiger charge is 2.30. The van der Waals surface area contributed by atoms with Crippen LogP contribution in [0.25, 0.3) is 11.0 Å². The van der Waals surface area contributed by atoms with E-state index in [9.17, 15) is 14.9 Å². The summed E-state index contributed by atoms with van der Waals surface area (Å²) in [5.74, 6) is 1.12. The number of non-ortho nitro benzene ring substituents is 1. The van der Waals surface area contributed by atoms with Crippen molar-refractivity contribution in [1.29, 1.82) is 0 Å². The van der Waals surface area contributed by atoms with E-state index in [0.717, 1.165) is 29.7 Å². The molecule has 1 heterocycles. The quantitative estimate of drug-likeness (QED) is 0.570. The zero-order valence-corrected chi connectivity index (χ0v) is 13.4. The van der Waals surface area contributed by atoms with Crippen molar-refractivity contribution in [1.82, 2.24) is 9.55 Å². The van der Waals surface area contributed by atoms with Gasteiger partial charge in [-0.05, 0) is 31.0 Å². The van der Waals surface area contributed by atoms with E-state index in [1.54, 1.807) is 12.1 Å². The molecule has 0 atom stereocenters. The molecule has 7 nitrogen and oxygen atoms in total. The molecule has 2 aromatic carbocycles. The number of benzene rings is 2. The molecule has 1 N–H and O–H groups in total. The SMILES string of the molecule is O=C(Cn1c(C2CC2)nc2ccccc21)Nc1cccc([N+](=O)[O-])c1. The molecule has 1 amide bonds. The van der Waals surface area contributed by atoms with Gasteiger partial charge in [0.2, 0.25) is 5.91 Å². The normalized spacial score (nSPS) is 13.8. The summed E-state index contributed by atoms with van der Waals surface area (Å²) in [4.78, 5) is 27.5. The first-order valence-corrected chi connectivity index (χ1v) is 8.11. The predicted molar refractivity (Wildman–Crippen MR) is 93.4 cm³/mol. The molecule has 1 aromatic heterocycles. The minimum atomic E-state index is -0.482. The molecular formula is C18H16N4O3. The molecule has 0 radical (unpaired) electrons. The number of carbonyl (C=O) groups is 1. The number of aromatic nitrogens is 2. The van der Waals surface area contributed by atoms with Gasteiger partial charge in [-0.3, -0.25) is 14.9 Å². The first-order valence-electron chi connectivity index (χ1n) is 8.11. The van der Waals surface area contributed by atoms with Crippen molar-refractivity contribution >= 4 is 28.3 Å². The molecule has 0 spiro atoms. The van der Waals surface area contributed by atoms with Gasteiger partial charge >= 0.3 is 0 Å². The zero-order valence-electron chi connectivity index (χ0n) is 13.4. The van der Waals surface area contributed by atoms with E-state index in [-0.39, 0.29) is 18.1 Å². The fraction of sp³-hybridized carbons (Fsp3) is 0.222. The summed E-state index contributed by atoms with van der Waals surface area (Å²) < 4.78 is 1.94. The number of carbonyl (C=O) groups excluding carboxylic acids is 1. The average molecular weight is 336 g/mol. The van der Waals surface area contributed by atoms with Gasteiger partial charge in [-0.25, -0.2) is 4.98 Å². The van der Waals surface area contributed by atoms with Crippen LogP contribution in [-0.2, 0) is 11.3 Å². The van der Waals surface area contributed by atoms with Crippen LogP contribution in [0.15, 0.2) is 48.5 Å². The molecule has 3 aromatic rings. The van der Waals surface area contributed by atoms with Gasteiger partial charge in [0.1, 0.15) is 12.4 Å². The number of para-hydroxylation sites is 2. The third kappa shape index (κ3) is 3.08. The highest BCUT2D eigenvalue weighted by molar-refractivity contribution is 5.92. The Morgan fingerprint density at radius 3 is 2.80 bits per heavy atom. The van der Waals surface area contributed by atoms with Gasteiger partial charge in [0.05, 0.1) is 16.0 Å². The molecule has 0 saturated heterocycles. The largest absolute Gasteiger partial charge is 0.324 e. The molecular weight excluding hydrogens is 320 g/mol.